The Labute approximate surface area is 177 Å². The van der Waals surface area contributed by atoms with E-state index < -0.39 is 0 Å². The summed E-state index contributed by atoms with van der Waals surface area (Å²) in [5.41, 5.74) is 4.87. The maximum Gasteiger partial charge on any atom is 0.110 e. The quantitative estimate of drug-likeness (QED) is 0.409. The summed E-state index contributed by atoms with van der Waals surface area (Å²) < 4.78 is 0. The predicted molar refractivity (Wildman–Crippen MR) is 124 cm³/mol. The van der Waals surface area contributed by atoms with Crippen molar-refractivity contribution >= 4 is 5.69 Å². The van der Waals surface area contributed by atoms with Crippen molar-refractivity contribution in [3.8, 4) is 11.8 Å². The average molecular weight is 391 g/mol. The number of hydrogen-bond donors (Lipinski definition) is 0. The number of benzene rings is 2. The van der Waals surface area contributed by atoms with Gasteiger partial charge in [-0.1, -0.05) is 110 Å². The van der Waals surface area contributed by atoms with E-state index in [1.807, 2.05) is 30.3 Å². The second kappa shape index (κ2) is 8.25. The highest BCUT2D eigenvalue weighted by Crippen LogP contribution is 2.42. The summed E-state index contributed by atoms with van der Waals surface area (Å²) in [6, 6.07) is 14.2. The van der Waals surface area contributed by atoms with Gasteiger partial charge in [0.2, 0.25) is 0 Å². The summed E-state index contributed by atoms with van der Waals surface area (Å²) in [6.45, 7) is 19.9. The molecule has 0 bridgehead atoms. The Balaban J connectivity index is 2.60. The number of rotatable bonds is 2. The van der Waals surface area contributed by atoms with E-state index in [0.29, 0.717) is 0 Å². The molecule has 0 amide bonds. The van der Waals surface area contributed by atoms with Gasteiger partial charge in [-0.3, -0.25) is 0 Å². The van der Waals surface area contributed by atoms with Crippen LogP contribution in [0.15, 0.2) is 42.5 Å². The summed E-state index contributed by atoms with van der Waals surface area (Å²) in [6.07, 6.45) is 0. The third-order valence-corrected chi connectivity index (χ3v) is 5.07. The van der Waals surface area contributed by atoms with E-state index in [9.17, 15) is 5.21 Å². The van der Waals surface area contributed by atoms with Crippen LogP contribution >= 0.6 is 0 Å². The van der Waals surface area contributed by atoms with Crippen LogP contribution in [0.1, 0.15) is 84.6 Å². The smallest absolute Gasteiger partial charge is 0.110 e. The van der Waals surface area contributed by atoms with Gasteiger partial charge in [0.15, 0.2) is 0 Å². The van der Waals surface area contributed by atoms with Gasteiger partial charge in [-0.2, -0.15) is 0 Å². The molecule has 2 heteroatoms. The molecule has 0 N–H and O–H groups in total. The van der Waals surface area contributed by atoms with Crippen LogP contribution in [0.2, 0.25) is 0 Å². The zero-order valence-electron chi connectivity index (χ0n) is 19.6. The first-order valence-electron chi connectivity index (χ1n) is 10.4. The monoisotopic (exact) mass is 390 g/mol. The molecule has 2 rings (SSSR count). The summed E-state index contributed by atoms with van der Waals surface area (Å²) in [5.74, 6) is 6.17. The molecule has 0 aliphatic carbocycles. The minimum Gasteiger partial charge on any atom is -0.208 e. The van der Waals surface area contributed by atoms with Crippen LogP contribution in [0.3, 0.4) is 0 Å². The fourth-order valence-electron chi connectivity index (χ4n) is 3.29. The lowest BCUT2D eigenvalue weighted by Crippen LogP contribution is -2.29. The van der Waals surface area contributed by atoms with Crippen LogP contribution in [-0.4, -0.2) is 6.54 Å². The van der Waals surface area contributed by atoms with Gasteiger partial charge >= 0.3 is 0 Å². The first-order chi connectivity index (χ1) is 13.2. The first-order valence-corrected chi connectivity index (χ1v) is 10.4. The molecular formula is C27H36NO. The second-order valence-corrected chi connectivity index (χ2v) is 10.9. The predicted octanol–water partition coefficient (Wildman–Crippen LogP) is 6.78. The number of nitrogens with zero attached hydrogens (tertiary/aromatic N) is 1. The lowest BCUT2D eigenvalue weighted by atomic mass is 9.74. The second-order valence-electron chi connectivity index (χ2n) is 10.9. The number of hydrogen-bond acceptors (Lipinski definition) is 1. The van der Waals surface area contributed by atoms with Crippen molar-refractivity contribution in [1.29, 1.82) is 0 Å². The highest BCUT2D eigenvalue weighted by atomic mass is 16.5. The summed E-state index contributed by atoms with van der Waals surface area (Å²) in [4.78, 5) is 0. The van der Waals surface area contributed by atoms with Crippen LogP contribution in [0.4, 0.5) is 5.69 Å². The Hall–Kier alpha value is -2.24. The van der Waals surface area contributed by atoms with Gasteiger partial charge in [-0.25, -0.2) is 5.06 Å². The Bertz CT molecular complexity index is 859. The van der Waals surface area contributed by atoms with E-state index in [1.165, 1.54) is 5.56 Å². The number of anilines is 1. The molecule has 1 radical (unpaired) electrons. The molecule has 0 spiro atoms. The fraction of sp³-hybridized carbons (Fsp3) is 0.481. The third kappa shape index (κ3) is 5.87. The molecule has 29 heavy (non-hydrogen) atoms. The Morgan fingerprint density at radius 1 is 0.759 bits per heavy atom. The van der Waals surface area contributed by atoms with E-state index in [1.54, 1.807) is 0 Å². The molecule has 0 atom stereocenters. The van der Waals surface area contributed by atoms with Crippen LogP contribution in [0.25, 0.3) is 0 Å². The highest BCUT2D eigenvalue weighted by Gasteiger charge is 2.31. The van der Waals surface area contributed by atoms with Gasteiger partial charge in [0.05, 0.1) is 5.69 Å². The molecule has 0 fully saturated rings. The van der Waals surface area contributed by atoms with E-state index in [2.05, 4.69) is 86.3 Å². The topological polar surface area (TPSA) is 23.1 Å². The zero-order chi connectivity index (χ0) is 22.0. The van der Waals surface area contributed by atoms with Gasteiger partial charge in [0.1, 0.15) is 6.54 Å². The van der Waals surface area contributed by atoms with Crippen molar-refractivity contribution in [1.82, 2.24) is 0 Å². The first kappa shape index (κ1) is 23.0. The van der Waals surface area contributed by atoms with Crippen molar-refractivity contribution in [3.05, 3.63) is 64.7 Å². The largest absolute Gasteiger partial charge is 0.208 e. The molecule has 155 valence electrons. The maximum absolute atomic E-state index is 13.3. The zero-order valence-corrected chi connectivity index (χ0v) is 19.6. The van der Waals surface area contributed by atoms with Crippen molar-refractivity contribution in [2.24, 2.45) is 0 Å². The lowest BCUT2D eigenvalue weighted by molar-refractivity contribution is 0.166. The highest BCUT2D eigenvalue weighted by molar-refractivity contribution is 5.65. The summed E-state index contributed by atoms with van der Waals surface area (Å²) in [5, 5.41) is 14.4. The normalized spacial score (nSPS) is 12.3. The molecule has 0 aromatic heterocycles. The van der Waals surface area contributed by atoms with Crippen LogP contribution < -0.4 is 5.06 Å². The fourth-order valence-corrected chi connectivity index (χ4v) is 3.29. The molecule has 0 heterocycles. The van der Waals surface area contributed by atoms with E-state index in [-0.39, 0.29) is 22.8 Å². The molecule has 2 aromatic rings. The van der Waals surface area contributed by atoms with Gasteiger partial charge < -0.3 is 0 Å². The Kier molecular flexibility index (Phi) is 6.55. The SMILES string of the molecule is CC(C)(C)c1cc(C(C)(C)C)c(N([O])CC#Cc2ccccc2)c(C(C)(C)C)c1. The van der Waals surface area contributed by atoms with Crippen LogP contribution in [0, 0.1) is 11.8 Å². The molecule has 0 saturated heterocycles. The van der Waals surface area contributed by atoms with E-state index >= 15 is 0 Å². The third-order valence-electron chi connectivity index (χ3n) is 5.07. The number of hydroxylamine groups is 1. The minimum atomic E-state index is -0.147. The van der Waals surface area contributed by atoms with Crippen molar-refractivity contribution in [3.63, 3.8) is 0 Å². The molecular weight excluding hydrogens is 354 g/mol. The van der Waals surface area contributed by atoms with Crippen molar-refractivity contribution in [2.45, 2.75) is 78.6 Å². The van der Waals surface area contributed by atoms with Crippen molar-refractivity contribution < 1.29 is 5.21 Å². The average Bonchev–Trinajstić information content (AvgIpc) is 2.59. The van der Waals surface area contributed by atoms with E-state index in [4.69, 9.17) is 0 Å². The van der Waals surface area contributed by atoms with Crippen LogP contribution in [-0.2, 0) is 21.5 Å². The van der Waals surface area contributed by atoms with Crippen LogP contribution in [0.5, 0.6) is 0 Å². The summed E-state index contributed by atoms with van der Waals surface area (Å²) in [7, 11) is 0. The minimum absolute atomic E-state index is 0.0133. The molecule has 0 unspecified atom stereocenters. The summed E-state index contributed by atoms with van der Waals surface area (Å²) >= 11 is 0. The lowest BCUT2D eigenvalue weighted by Gasteiger charge is -2.35. The molecule has 0 aliphatic heterocycles. The van der Waals surface area contributed by atoms with Gasteiger partial charge in [-0.05, 0) is 45.1 Å². The Morgan fingerprint density at radius 2 is 1.24 bits per heavy atom. The van der Waals surface area contributed by atoms with Gasteiger partial charge in [0, 0.05) is 5.56 Å². The van der Waals surface area contributed by atoms with Crippen molar-refractivity contribution in [2.75, 3.05) is 11.6 Å². The maximum atomic E-state index is 13.3. The standard InChI is InChI=1S/C27H36NO/c1-25(2,3)21-18-22(26(4,5)6)24(23(19-21)27(7,8)9)28(29)17-13-16-20-14-11-10-12-15-20/h10-12,14-15,18-19H,17H2,1-9H3. The van der Waals surface area contributed by atoms with Gasteiger partial charge in [0.25, 0.3) is 0 Å². The Morgan fingerprint density at radius 3 is 1.66 bits per heavy atom. The molecule has 0 saturated carbocycles. The molecule has 2 aromatic carbocycles. The molecule has 2 nitrogen and oxygen atoms in total. The van der Waals surface area contributed by atoms with Gasteiger partial charge in [-0.15, -0.1) is 0 Å². The van der Waals surface area contributed by atoms with E-state index in [0.717, 1.165) is 27.4 Å². The molecule has 0 aliphatic rings.